The van der Waals surface area contributed by atoms with Crippen LogP contribution in [0.5, 0.6) is 5.75 Å². The number of aryl methyl sites for hydroxylation is 1. The summed E-state index contributed by atoms with van der Waals surface area (Å²) in [6.07, 6.45) is 2.11. The van der Waals surface area contributed by atoms with Gasteiger partial charge in [-0.15, -0.1) is 0 Å². The number of carbonyl (C=O) groups excluding carboxylic acids is 1. The first kappa shape index (κ1) is 23.7. The lowest BCUT2D eigenvalue weighted by molar-refractivity contribution is 0.0679. The summed E-state index contributed by atoms with van der Waals surface area (Å²) in [5.41, 5.74) is 0.981. The van der Waals surface area contributed by atoms with Gasteiger partial charge in [-0.05, 0) is 73.9 Å². The van der Waals surface area contributed by atoms with Crippen molar-refractivity contribution in [3.05, 3.63) is 83.7 Å². The first-order chi connectivity index (χ1) is 16.3. The van der Waals surface area contributed by atoms with Gasteiger partial charge in [-0.1, -0.05) is 18.2 Å². The van der Waals surface area contributed by atoms with Crippen LogP contribution in [0, 0.1) is 12.7 Å². The van der Waals surface area contributed by atoms with Gasteiger partial charge in [-0.25, -0.2) is 12.8 Å². The maximum atomic E-state index is 13.9. The van der Waals surface area contributed by atoms with Gasteiger partial charge in [-0.2, -0.15) is 0 Å². The molecule has 1 fully saturated rings. The Hall–Kier alpha value is -3.43. The van der Waals surface area contributed by atoms with Crippen molar-refractivity contribution in [2.24, 2.45) is 0 Å². The molecule has 1 aliphatic rings. The minimum atomic E-state index is -4.08. The summed E-state index contributed by atoms with van der Waals surface area (Å²) in [6.45, 7) is 2.85. The predicted octanol–water partition coefficient (Wildman–Crippen LogP) is 4.75. The molecule has 1 atom stereocenters. The van der Waals surface area contributed by atoms with Gasteiger partial charge < -0.3 is 14.8 Å². The molecule has 0 bridgehead atoms. The maximum Gasteiger partial charge on any atom is 0.262 e. The fraction of sp³-hybridized carbons (Fsp3) is 0.240. The molecule has 1 heterocycles. The third-order valence-corrected chi connectivity index (χ3v) is 6.94. The van der Waals surface area contributed by atoms with Crippen molar-refractivity contribution in [3.63, 3.8) is 0 Å². The van der Waals surface area contributed by atoms with Crippen LogP contribution in [-0.2, 0) is 14.8 Å². The van der Waals surface area contributed by atoms with Gasteiger partial charge in [0, 0.05) is 17.9 Å². The van der Waals surface area contributed by atoms with Gasteiger partial charge in [0.05, 0.1) is 16.7 Å². The molecule has 178 valence electrons. The highest BCUT2D eigenvalue weighted by molar-refractivity contribution is 7.92. The largest absolute Gasteiger partial charge is 0.491 e. The van der Waals surface area contributed by atoms with Crippen LogP contribution in [0.3, 0.4) is 0 Å². The Labute approximate surface area is 198 Å². The van der Waals surface area contributed by atoms with Crippen LogP contribution in [0.1, 0.15) is 28.8 Å². The molecule has 0 spiro atoms. The molecule has 1 aliphatic heterocycles. The monoisotopic (exact) mass is 484 g/mol. The number of anilines is 2. The zero-order chi connectivity index (χ0) is 24.1. The Bertz CT molecular complexity index is 1270. The summed E-state index contributed by atoms with van der Waals surface area (Å²) in [6, 6.07) is 16.7. The minimum absolute atomic E-state index is 0.0635. The molecular weight excluding hydrogens is 459 g/mol. The SMILES string of the molecule is Cc1ccc(NC(=O)c2ccc(OCC3CCCO3)cc2)cc1S(=O)(=O)Nc1ccccc1F. The summed E-state index contributed by atoms with van der Waals surface area (Å²) >= 11 is 0. The highest BCUT2D eigenvalue weighted by Crippen LogP contribution is 2.25. The van der Waals surface area contributed by atoms with Crippen LogP contribution in [0.2, 0.25) is 0 Å². The van der Waals surface area contributed by atoms with Crippen LogP contribution in [0.25, 0.3) is 0 Å². The van der Waals surface area contributed by atoms with Crippen molar-refractivity contribution >= 4 is 27.3 Å². The van der Waals surface area contributed by atoms with Gasteiger partial charge in [0.25, 0.3) is 15.9 Å². The van der Waals surface area contributed by atoms with Crippen molar-refractivity contribution in [3.8, 4) is 5.75 Å². The molecule has 9 heteroatoms. The number of halogens is 1. The van der Waals surface area contributed by atoms with Crippen LogP contribution in [0.15, 0.2) is 71.6 Å². The molecule has 2 N–H and O–H groups in total. The second-order valence-electron chi connectivity index (χ2n) is 7.99. The van der Waals surface area contributed by atoms with E-state index in [-0.39, 0.29) is 16.7 Å². The van der Waals surface area contributed by atoms with Crippen molar-refractivity contribution in [2.75, 3.05) is 23.3 Å². The zero-order valence-corrected chi connectivity index (χ0v) is 19.4. The molecule has 0 radical (unpaired) electrons. The molecule has 3 aromatic carbocycles. The molecule has 7 nitrogen and oxygen atoms in total. The number of carbonyl (C=O) groups is 1. The molecule has 4 rings (SSSR count). The van der Waals surface area contributed by atoms with Gasteiger partial charge >= 0.3 is 0 Å². The second kappa shape index (κ2) is 10.2. The van der Waals surface area contributed by atoms with Gasteiger partial charge in [0.1, 0.15) is 18.2 Å². The number of rotatable bonds is 8. The highest BCUT2D eigenvalue weighted by atomic mass is 32.2. The second-order valence-corrected chi connectivity index (χ2v) is 9.64. The molecule has 3 aromatic rings. The quantitative estimate of drug-likeness (QED) is 0.482. The Kier molecular flexibility index (Phi) is 7.14. The van der Waals surface area contributed by atoms with Gasteiger partial charge in [0.15, 0.2) is 0 Å². The summed E-state index contributed by atoms with van der Waals surface area (Å²) in [5.74, 6) is -0.452. The van der Waals surface area contributed by atoms with Crippen molar-refractivity contribution in [2.45, 2.75) is 30.8 Å². The Morgan fingerprint density at radius 1 is 1.12 bits per heavy atom. The summed E-state index contributed by atoms with van der Waals surface area (Å²) in [7, 11) is -4.08. The lowest BCUT2D eigenvalue weighted by Crippen LogP contribution is -2.17. The standard InChI is InChI=1S/C25H25FN2O5S/c1-17-8-11-19(15-24(17)34(30,31)28-23-7-3-2-6-22(23)26)27-25(29)18-9-12-20(13-10-18)33-16-21-5-4-14-32-21/h2-3,6-13,15,21,28H,4-5,14,16H2,1H3,(H,27,29). The zero-order valence-electron chi connectivity index (χ0n) is 18.6. The van der Waals surface area contributed by atoms with E-state index in [1.807, 2.05) is 0 Å². The third kappa shape index (κ3) is 5.73. The normalized spacial score (nSPS) is 15.6. The van der Waals surface area contributed by atoms with Crippen molar-refractivity contribution in [1.82, 2.24) is 0 Å². The van der Waals surface area contributed by atoms with E-state index in [0.717, 1.165) is 19.4 Å². The van der Waals surface area contributed by atoms with Gasteiger partial charge in [0.2, 0.25) is 0 Å². The van der Waals surface area contributed by atoms with Crippen LogP contribution >= 0.6 is 0 Å². The molecule has 1 unspecified atom stereocenters. The maximum absolute atomic E-state index is 13.9. The number of hydrogen-bond acceptors (Lipinski definition) is 5. The third-order valence-electron chi connectivity index (χ3n) is 5.43. The number of para-hydroxylation sites is 1. The number of hydrogen-bond donors (Lipinski definition) is 2. The summed E-state index contributed by atoms with van der Waals surface area (Å²) in [4.78, 5) is 12.6. The molecule has 1 saturated heterocycles. The topological polar surface area (TPSA) is 93.7 Å². The first-order valence-electron chi connectivity index (χ1n) is 10.9. The Balaban J connectivity index is 1.44. The van der Waals surface area contributed by atoms with E-state index in [1.54, 1.807) is 43.3 Å². The number of benzene rings is 3. The molecule has 0 saturated carbocycles. The predicted molar refractivity (Wildman–Crippen MR) is 127 cm³/mol. The number of sulfonamides is 1. The molecule has 0 aliphatic carbocycles. The van der Waals surface area contributed by atoms with Gasteiger partial charge in [-0.3, -0.25) is 9.52 Å². The first-order valence-corrected chi connectivity index (χ1v) is 12.3. The van der Waals surface area contributed by atoms with Crippen LogP contribution in [-0.4, -0.2) is 33.6 Å². The van der Waals surface area contributed by atoms with E-state index in [2.05, 4.69) is 10.0 Å². The highest BCUT2D eigenvalue weighted by Gasteiger charge is 2.20. The fourth-order valence-electron chi connectivity index (χ4n) is 3.58. The Morgan fingerprint density at radius 3 is 2.59 bits per heavy atom. The van der Waals surface area contributed by atoms with Crippen molar-refractivity contribution in [1.29, 1.82) is 0 Å². The average molecular weight is 485 g/mol. The van der Waals surface area contributed by atoms with E-state index >= 15 is 0 Å². The van der Waals surface area contributed by atoms with E-state index in [9.17, 15) is 17.6 Å². The van der Waals surface area contributed by atoms with Crippen LogP contribution in [0.4, 0.5) is 15.8 Å². The smallest absolute Gasteiger partial charge is 0.262 e. The van der Waals surface area contributed by atoms with Crippen LogP contribution < -0.4 is 14.8 Å². The fourth-order valence-corrected chi connectivity index (χ4v) is 4.92. The van der Waals surface area contributed by atoms with E-state index < -0.39 is 21.7 Å². The van der Waals surface area contributed by atoms with E-state index in [1.165, 1.54) is 30.3 Å². The summed E-state index contributed by atoms with van der Waals surface area (Å²) < 4.78 is 53.2. The number of nitrogens with one attached hydrogen (secondary N) is 2. The molecule has 34 heavy (non-hydrogen) atoms. The number of amides is 1. The molecule has 0 aromatic heterocycles. The lowest BCUT2D eigenvalue weighted by Gasteiger charge is -2.13. The Morgan fingerprint density at radius 2 is 1.88 bits per heavy atom. The minimum Gasteiger partial charge on any atom is -0.491 e. The van der Waals surface area contributed by atoms with E-state index in [0.29, 0.717) is 29.2 Å². The van der Waals surface area contributed by atoms with E-state index in [4.69, 9.17) is 9.47 Å². The lowest BCUT2D eigenvalue weighted by atomic mass is 10.2. The molecule has 1 amide bonds. The average Bonchev–Trinajstić information content (AvgIpc) is 3.34. The van der Waals surface area contributed by atoms with Crippen molar-refractivity contribution < 1.29 is 27.1 Å². The summed E-state index contributed by atoms with van der Waals surface area (Å²) in [5, 5.41) is 2.70. The molecular formula is C25H25FN2O5S. The number of ether oxygens (including phenoxy) is 2.